The van der Waals surface area contributed by atoms with Gasteiger partial charge in [-0.2, -0.15) is 0 Å². The molecule has 0 unspecified atom stereocenters. The normalized spacial score (nSPS) is 11.2. The van der Waals surface area contributed by atoms with E-state index in [9.17, 15) is 0 Å². The molecule has 2 heteroatoms. The Balaban J connectivity index is 1.41. The van der Waals surface area contributed by atoms with Crippen LogP contribution in [0.15, 0.2) is 115 Å². The van der Waals surface area contributed by atoms with Crippen LogP contribution in [0.5, 0.6) is 0 Å². The van der Waals surface area contributed by atoms with E-state index in [4.69, 9.17) is 0 Å². The van der Waals surface area contributed by atoms with Crippen molar-refractivity contribution in [3.63, 3.8) is 0 Å². The summed E-state index contributed by atoms with van der Waals surface area (Å²) in [5.41, 5.74) is 8.67. The van der Waals surface area contributed by atoms with Crippen molar-refractivity contribution < 1.29 is 0 Å². The van der Waals surface area contributed by atoms with Crippen molar-refractivity contribution in [3.05, 3.63) is 126 Å². The molecule has 0 aromatic heterocycles. The lowest BCUT2D eigenvalue weighted by molar-refractivity contribution is 0.607. The summed E-state index contributed by atoms with van der Waals surface area (Å²) < 4.78 is 0. The van der Waals surface area contributed by atoms with Gasteiger partial charge < -0.3 is 10.2 Å². The van der Waals surface area contributed by atoms with Gasteiger partial charge in [0.2, 0.25) is 0 Å². The molecule has 0 spiro atoms. The summed E-state index contributed by atoms with van der Waals surface area (Å²) in [6.07, 6.45) is 18.3. The quantitative estimate of drug-likeness (QED) is 0.0936. The average molecular weight is 611 g/mol. The molecule has 0 atom stereocenters. The number of anilines is 5. The number of hydrogen-bond donors (Lipinski definition) is 1. The third kappa shape index (κ3) is 9.49. The maximum Gasteiger partial charge on any atom is 0.0541 e. The molecule has 0 saturated heterocycles. The second-order valence-corrected chi connectivity index (χ2v) is 12.9. The Hall–Kier alpha value is -4.04. The highest BCUT2D eigenvalue weighted by Crippen LogP contribution is 2.41. The van der Waals surface area contributed by atoms with Gasteiger partial charge in [0, 0.05) is 33.5 Å². The molecule has 0 radical (unpaired) electrons. The van der Waals surface area contributed by atoms with Crippen LogP contribution in [-0.4, -0.2) is 0 Å². The number of aryl methyl sites for hydroxylation is 2. The minimum Gasteiger partial charge on any atom is -0.355 e. The molecule has 5 aromatic rings. The number of nitrogens with one attached hydrogen (secondary N) is 1. The molecule has 0 fully saturated rings. The van der Waals surface area contributed by atoms with E-state index in [1.54, 1.807) is 0 Å². The van der Waals surface area contributed by atoms with Crippen molar-refractivity contribution in [1.29, 1.82) is 0 Å². The molecule has 0 saturated carbocycles. The van der Waals surface area contributed by atoms with Gasteiger partial charge in [0.15, 0.2) is 0 Å². The van der Waals surface area contributed by atoms with Crippen LogP contribution in [0.25, 0.3) is 10.8 Å². The molecule has 0 amide bonds. The molecular formula is C44H54N2. The number of nitrogens with zero attached hydrogens (tertiary/aromatic N) is 1. The molecule has 240 valence electrons. The molecule has 46 heavy (non-hydrogen) atoms. The summed E-state index contributed by atoms with van der Waals surface area (Å²) in [5.74, 6) is 0. The lowest BCUT2D eigenvalue weighted by Crippen LogP contribution is -2.11. The second-order valence-electron chi connectivity index (χ2n) is 12.9. The smallest absolute Gasteiger partial charge is 0.0541 e. The zero-order valence-electron chi connectivity index (χ0n) is 28.3. The van der Waals surface area contributed by atoms with Crippen LogP contribution in [0.2, 0.25) is 0 Å². The van der Waals surface area contributed by atoms with Gasteiger partial charge >= 0.3 is 0 Å². The molecule has 0 aliphatic rings. The van der Waals surface area contributed by atoms with Crippen molar-refractivity contribution in [2.45, 2.75) is 104 Å². The lowest BCUT2D eigenvalue weighted by Gasteiger charge is -2.28. The first-order valence-corrected chi connectivity index (χ1v) is 18.1. The second kappa shape index (κ2) is 18.2. The molecule has 5 rings (SSSR count). The Labute approximate surface area is 278 Å². The van der Waals surface area contributed by atoms with Gasteiger partial charge in [-0.05, 0) is 85.3 Å². The first kappa shape index (κ1) is 33.3. The van der Waals surface area contributed by atoms with Crippen LogP contribution in [0.3, 0.4) is 0 Å². The number of para-hydroxylation sites is 1. The number of unbranched alkanes of at least 4 members (excludes halogenated alkanes) is 10. The number of benzene rings is 5. The SMILES string of the molecule is CCCCCCCCc1ccc(N(c2ccc(CCCCCCCC)cc2)c2ccc(Nc3ccccc3)c3ccccc23)cc1. The molecule has 2 nitrogen and oxygen atoms in total. The molecule has 1 N–H and O–H groups in total. The van der Waals surface area contributed by atoms with E-state index in [-0.39, 0.29) is 0 Å². The van der Waals surface area contributed by atoms with E-state index < -0.39 is 0 Å². The Bertz CT molecular complexity index is 1510. The van der Waals surface area contributed by atoms with Gasteiger partial charge in [0.25, 0.3) is 0 Å². The first-order valence-electron chi connectivity index (χ1n) is 18.1. The summed E-state index contributed by atoms with van der Waals surface area (Å²) >= 11 is 0. The molecule has 0 aliphatic heterocycles. The lowest BCUT2D eigenvalue weighted by atomic mass is 10.0. The molecule has 0 aliphatic carbocycles. The van der Waals surface area contributed by atoms with E-state index in [1.165, 1.54) is 116 Å². The number of hydrogen-bond acceptors (Lipinski definition) is 2. The topological polar surface area (TPSA) is 15.3 Å². The largest absolute Gasteiger partial charge is 0.355 e. The molecule has 0 heterocycles. The average Bonchev–Trinajstić information content (AvgIpc) is 3.10. The van der Waals surface area contributed by atoms with E-state index in [0.717, 1.165) is 24.2 Å². The number of fused-ring (bicyclic) bond motifs is 1. The fraction of sp³-hybridized carbons (Fsp3) is 0.364. The monoisotopic (exact) mass is 610 g/mol. The van der Waals surface area contributed by atoms with E-state index in [0.29, 0.717) is 0 Å². The van der Waals surface area contributed by atoms with Crippen LogP contribution in [-0.2, 0) is 12.8 Å². The highest BCUT2D eigenvalue weighted by atomic mass is 15.1. The van der Waals surface area contributed by atoms with Crippen LogP contribution >= 0.6 is 0 Å². The number of rotatable bonds is 19. The molecule has 0 bridgehead atoms. The third-order valence-electron chi connectivity index (χ3n) is 9.22. The maximum atomic E-state index is 3.66. The van der Waals surface area contributed by atoms with E-state index in [1.807, 2.05) is 0 Å². The minimum absolute atomic E-state index is 1.10. The van der Waals surface area contributed by atoms with Gasteiger partial charge in [-0.25, -0.2) is 0 Å². The fourth-order valence-corrected chi connectivity index (χ4v) is 6.53. The predicted octanol–water partition coefficient (Wildman–Crippen LogP) is 13.9. The Morgan fingerprint density at radius 3 is 1.46 bits per heavy atom. The van der Waals surface area contributed by atoms with Gasteiger partial charge in [-0.1, -0.05) is 145 Å². The van der Waals surface area contributed by atoms with E-state index >= 15 is 0 Å². The Kier molecular flexibility index (Phi) is 13.2. The maximum absolute atomic E-state index is 3.66. The van der Waals surface area contributed by atoms with Gasteiger partial charge in [-0.15, -0.1) is 0 Å². The van der Waals surface area contributed by atoms with Crippen molar-refractivity contribution in [1.82, 2.24) is 0 Å². The zero-order valence-corrected chi connectivity index (χ0v) is 28.3. The Morgan fingerprint density at radius 1 is 0.435 bits per heavy atom. The standard InChI is InChI=1S/C44H54N2/c1-3-5-7-9-11-14-20-36-26-30-39(31-27-36)46(40-32-28-37(29-33-40)21-15-12-10-8-6-4-2)44-35-34-43(41-24-18-19-25-42(41)44)45-38-22-16-13-17-23-38/h13,16-19,22-35,45H,3-12,14-15,20-21H2,1-2H3. The van der Waals surface area contributed by atoms with Crippen molar-refractivity contribution in [2.24, 2.45) is 0 Å². The van der Waals surface area contributed by atoms with Crippen LogP contribution in [0.1, 0.15) is 102 Å². The summed E-state index contributed by atoms with van der Waals surface area (Å²) in [6, 6.07) is 42.4. The van der Waals surface area contributed by atoms with Crippen LogP contribution < -0.4 is 10.2 Å². The predicted molar refractivity (Wildman–Crippen MR) is 203 cm³/mol. The van der Waals surface area contributed by atoms with Crippen LogP contribution in [0, 0.1) is 0 Å². The summed E-state index contributed by atoms with van der Waals surface area (Å²) in [7, 11) is 0. The van der Waals surface area contributed by atoms with E-state index in [2.05, 4.69) is 139 Å². The van der Waals surface area contributed by atoms with Gasteiger partial charge in [0.1, 0.15) is 0 Å². The van der Waals surface area contributed by atoms with Crippen molar-refractivity contribution in [2.75, 3.05) is 10.2 Å². The first-order chi connectivity index (χ1) is 22.8. The fourth-order valence-electron chi connectivity index (χ4n) is 6.53. The molecular weight excluding hydrogens is 556 g/mol. The summed E-state index contributed by atoms with van der Waals surface area (Å²) in [6.45, 7) is 4.57. The Morgan fingerprint density at radius 2 is 0.913 bits per heavy atom. The van der Waals surface area contributed by atoms with Gasteiger partial charge in [0.05, 0.1) is 5.69 Å². The summed E-state index contributed by atoms with van der Waals surface area (Å²) in [4.78, 5) is 2.44. The highest BCUT2D eigenvalue weighted by Gasteiger charge is 2.17. The summed E-state index contributed by atoms with van der Waals surface area (Å²) in [5, 5.41) is 6.11. The minimum atomic E-state index is 1.10. The highest BCUT2D eigenvalue weighted by molar-refractivity contribution is 6.05. The molecule has 5 aromatic carbocycles. The third-order valence-corrected chi connectivity index (χ3v) is 9.22. The van der Waals surface area contributed by atoms with Crippen LogP contribution in [0.4, 0.5) is 28.4 Å². The van der Waals surface area contributed by atoms with Crippen molar-refractivity contribution in [3.8, 4) is 0 Å². The zero-order chi connectivity index (χ0) is 31.8. The van der Waals surface area contributed by atoms with Gasteiger partial charge in [-0.3, -0.25) is 0 Å². The van der Waals surface area contributed by atoms with Crippen molar-refractivity contribution >= 4 is 39.2 Å².